The van der Waals surface area contributed by atoms with Gasteiger partial charge in [0.2, 0.25) is 0 Å². The van der Waals surface area contributed by atoms with Crippen LogP contribution in [0, 0.1) is 0 Å². The van der Waals surface area contributed by atoms with Gasteiger partial charge in [-0.05, 0) is 12.1 Å². The van der Waals surface area contributed by atoms with Crippen LogP contribution in [-0.4, -0.2) is 29.6 Å². The van der Waals surface area contributed by atoms with Crippen molar-refractivity contribution in [3.05, 3.63) is 49.6 Å². The minimum absolute atomic E-state index is 0.0764. The van der Waals surface area contributed by atoms with Gasteiger partial charge in [-0.2, -0.15) is 0 Å². The Morgan fingerprint density at radius 1 is 1.06 bits per heavy atom. The zero-order valence-electron chi connectivity index (χ0n) is 9.91. The number of phenolic OH excluding ortho intramolecular Hbond substituents is 2. The van der Waals surface area contributed by atoms with Gasteiger partial charge in [-0.15, -0.1) is 0 Å². The smallest absolute Gasteiger partial charge is 0.504 e. The molecule has 18 heavy (non-hydrogen) atoms. The lowest BCUT2D eigenvalue weighted by molar-refractivity contribution is 0.0718. The van der Waals surface area contributed by atoms with Crippen molar-refractivity contribution in [2.45, 2.75) is 0 Å². The second-order valence-electron chi connectivity index (χ2n) is 2.94. The highest BCUT2D eigenvalue weighted by molar-refractivity contribution is 5.60. The summed E-state index contributed by atoms with van der Waals surface area (Å²) < 4.78 is 8.93. The molecule has 98 valence electrons. The van der Waals surface area contributed by atoms with E-state index in [-0.39, 0.29) is 24.7 Å². The lowest BCUT2D eigenvalue weighted by atomic mass is 10.3. The molecule has 1 aromatic rings. The van der Waals surface area contributed by atoms with Crippen molar-refractivity contribution in [1.82, 2.24) is 0 Å². The van der Waals surface area contributed by atoms with Crippen LogP contribution in [0.5, 0.6) is 11.5 Å². The molecule has 0 amide bonds. The molecule has 5 nitrogen and oxygen atoms in total. The van der Waals surface area contributed by atoms with E-state index in [1.807, 2.05) is 0 Å². The van der Waals surface area contributed by atoms with E-state index in [9.17, 15) is 4.79 Å². The molecule has 0 spiro atoms. The Morgan fingerprint density at radius 3 is 1.72 bits per heavy atom. The number of carbonyl (C=O) groups is 1. The SMILES string of the molecule is C=CCOC(=O)OCC=C.Oc1ccccc1O. The van der Waals surface area contributed by atoms with E-state index in [4.69, 9.17) is 10.2 Å². The van der Waals surface area contributed by atoms with Gasteiger partial charge < -0.3 is 19.7 Å². The molecule has 1 aromatic carbocycles. The van der Waals surface area contributed by atoms with Gasteiger partial charge in [0.25, 0.3) is 0 Å². The fraction of sp³-hybridized carbons (Fsp3) is 0.154. The van der Waals surface area contributed by atoms with Crippen LogP contribution in [-0.2, 0) is 9.47 Å². The molecular formula is C13H16O5. The Kier molecular flexibility index (Phi) is 8.45. The van der Waals surface area contributed by atoms with Crippen molar-refractivity contribution in [3.8, 4) is 11.5 Å². The van der Waals surface area contributed by atoms with Crippen molar-refractivity contribution in [2.24, 2.45) is 0 Å². The second-order valence-corrected chi connectivity index (χ2v) is 2.94. The molecular weight excluding hydrogens is 236 g/mol. The summed E-state index contributed by atoms with van der Waals surface area (Å²) in [6.07, 6.45) is 2.24. The Morgan fingerprint density at radius 2 is 1.44 bits per heavy atom. The standard InChI is InChI=1S/C7H10O3.C6H6O2/c1-3-5-9-7(8)10-6-4-2;7-5-3-1-2-4-6(5)8/h3-4H,1-2,5-6H2;1-4,7-8H. The first-order valence-electron chi connectivity index (χ1n) is 5.10. The minimum Gasteiger partial charge on any atom is -0.504 e. The number of hydrogen-bond acceptors (Lipinski definition) is 5. The highest BCUT2D eigenvalue weighted by Crippen LogP contribution is 2.21. The summed E-state index contributed by atoms with van der Waals surface area (Å²) in [6, 6.07) is 6.15. The van der Waals surface area contributed by atoms with E-state index in [0.717, 1.165) is 0 Å². The zero-order valence-corrected chi connectivity index (χ0v) is 9.91. The maximum absolute atomic E-state index is 10.4. The summed E-state index contributed by atoms with van der Waals surface area (Å²) >= 11 is 0. The number of phenols is 2. The highest BCUT2D eigenvalue weighted by Gasteiger charge is 1.97. The number of rotatable bonds is 4. The quantitative estimate of drug-likeness (QED) is 0.489. The summed E-state index contributed by atoms with van der Waals surface area (Å²) in [5.74, 6) is -0.153. The van der Waals surface area contributed by atoms with Crippen LogP contribution in [0.2, 0.25) is 0 Å². The van der Waals surface area contributed by atoms with Crippen molar-refractivity contribution in [1.29, 1.82) is 0 Å². The minimum atomic E-state index is -0.695. The van der Waals surface area contributed by atoms with Gasteiger partial charge in [-0.1, -0.05) is 37.4 Å². The molecule has 1 rings (SSSR count). The topological polar surface area (TPSA) is 76.0 Å². The van der Waals surface area contributed by atoms with Crippen molar-refractivity contribution in [2.75, 3.05) is 13.2 Å². The van der Waals surface area contributed by atoms with Gasteiger partial charge in [0.15, 0.2) is 11.5 Å². The third kappa shape index (κ3) is 7.81. The summed E-state index contributed by atoms with van der Waals surface area (Å²) in [6.45, 7) is 7.07. The zero-order chi connectivity index (χ0) is 13.8. The molecule has 0 atom stereocenters. The lowest BCUT2D eigenvalue weighted by Gasteiger charge is -1.99. The molecule has 0 aliphatic heterocycles. The van der Waals surface area contributed by atoms with Gasteiger partial charge in [0, 0.05) is 0 Å². The van der Waals surface area contributed by atoms with Gasteiger partial charge in [0.05, 0.1) is 0 Å². The van der Waals surface area contributed by atoms with Crippen LogP contribution < -0.4 is 0 Å². The van der Waals surface area contributed by atoms with E-state index in [1.54, 1.807) is 12.1 Å². The maximum Gasteiger partial charge on any atom is 0.508 e. The lowest BCUT2D eigenvalue weighted by Crippen LogP contribution is -2.06. The number of ether oxygens (including phenoxy) is 2. The first-order chi connectivity index (χ1) is 8.61. The predicted octanol–water partition coefficient (Wildman–Crippen LogP) is 2.61. The van der Waals surface area contributed by atoms with Gasteiger partial charge in [-0.25, -0.2) is 4.79 Å². The Bertz CT molecular complexity index is 352. The molecule has 0 bridgehead atoms. The van der Waals surface area contributed by atoms with E-state index in [2.05, 4.69) is 22.6 Å². The molecule has 0 aliphatic carbocycles. The van der Waals surface area contributed by atoms with E-state index < -0.39 is 6.16 Å². The number of aromatic hydroxyl groups is 2. The first kappa shape index (κ1) is 15.6. The van der Waals surface area contributed by atoms with E-state index >= 15 is 0 Å². The van der Waals surface area contributed by atoms with Crippen LogP contribution in [0.1, 0.15) is 0 Å². The first-order valence-corrected chi connectivity index (χ1v) is 5.10. The normalized spacial score (nSPS) is 8.44. The molecule has 2 N–H and O–H groups in total. The fourth-order valence-corrected chi connectivity index (χ4v) is 0.760. The van der Waals surface area contributed by atoms with Crippen molar-refractivity contribution >= 4 is 6.16 Å². The van der Waals surface area contributed by atoms with Crippen LogP contribution >= 0.6 is 0 Å². The van der Waals surface area contributed by atoms with Gasteiger partial charge in [0.1, 0.15) is 13.2 Å². The largest absolute Gasteiger partial charge is 0.508 e. The van der Waals surface area contributed by atoms with E-state index in [1.165, 1.54) is 24.3 Å². The third-order valence-corrected chi connectivity index (χ3v) is 1.52. The molecule has 0 fully saturated rings. The van der Waals surface area contributed by atoms with Crippen LogP contribution in [0.3, 0.4) is 0 Å². The predicted molar refractivity (Wildman–Crippen MR) is 67.5 cm³/mol. The second kappa shape index (κ2) is 9.77. The summed E-state index contributed by atoms with van der Waals surface area (Å²) in [5.41, 5.74) is 0. The molecule has 0 aliphatic rings. The van der Waals surface area contributed by atoms with E-state index in [0.29, 0.717) is 0 Å². The molecule has 0 aromatic heterocycles. The Balaban J connectivity index is 0.000000327. The molecule has 0 saturated heterocycles. The average Bonchev–Trinajstić information content (AvgIpc) is 2.38. The Hall–Kier alpha value is -2.43. The molecule has 0 saturated carbocycles. The number of para-hydroxylation sites is 2. The fourth-order valence-electron chi connectivity index (χ4n) is 0.760. The van der Waals surface area contributed by atoms with Crippen LogP contribution in [0.25, 0.3) is 0 Å². The molecule has 0 heterocycles. The van der Waals surface area contributed by atoms with Crippen LogP contribution in [0.4, 0.5) is 4.79 Å². The molecule has 0 radical (unpaired) electrons. The number of hydrogen-bond donors (Lipinski definition) is 2. The van der Waals surface area contributed by atoms with Crippen molar-refractivity contribution in [3.63, 3.8) is 0 Å². The average molecular weight is 252 g/mol. The summed E-state index contributed by atoms with van der Waals surface area (Å²) in [5, 5.41) is 17.3. The van der Waals surface area contributed by atoms with Gasteiger partial charge in [-0.3, -0.25) is 0 Å². The Labute approximate surface area is 106 Å². The number of carbonyl (C=O) groups excluding carboxylic acids is 1. The summed E-state index contributed by atoms with van der Waals surface area (Å²) in [4.78, 5) is 10.4. The number of benzene rings is 1. The highest BCUT2D eigenvalue weighted by atomic mass is 16.7. The van der Waals surface area contributed by atoms with Gasteiger partial charge >= 0.3 is 6.16 Å². The summed E-state index contributed by atoms with van der Waals surface area (Å²) in [7, 11) is 0. The molecule has 5 heteroatoms. The van der Waals surface area contributed by atoms with Crippen molar-refractivity contribution < 1.29 is 24.5 Å². The maximum atomic E-state index is 10.4. The monoisotopic (exact) mass is 252 g/mol. The molecule has 0 unspecified atom stereocenters. The van der Waals surface area contributed by atoms with Crippen LogP contribution in [0.15, 0.2) is 49.6 Å². The third-order valence-electron chi connectivity index (χ3n) is 1.52.